The maximum Gasteiger partial charge on any atom is 0.418 e. The van der Waals surface area contributed by atoms with Gasteiger partial charge in [0.25, 0.3) is 5.91 Å². The van der Waals surface area contributed by atoms with Crippen LogP contribution in [0.15, 0.2) is 42.6 Å². The van der Waals surface area contributed by atoms with E-state index in [4.69, 9.17) is 16.3 Å². The summed E-state index contributed by atoms with van der Waals surface area (Å²) in [5, 5.41) is 2.24. The van der Waals surface area contributed by atoms with E-state index in [1.165, 1.54) is 31.4 Å². The van der Waals surface area contributed by atoms with Gasteiger partial charge in [0.2, 0.25) is 5.91 Å². The Morgan fingerprint density at radius 1 is 1.22 bits per heavy atom. The van der Waals surface area contributed by atoms with Gasteiger partial charge in [0, 0.05) is 13.2 Å². The standard InChI is InChI=1S/C17H15ClF3N3O3/c1-24(15(26)10-27-13-7-4-8-22-16(13)18)9-14(25)23-12-6-3-2-5-11(12)17(19,20)21/h2-8H,9-10H2,1H3,(H,23,25). The number of para-hydroxylation sites is 1. The molecule has 0 aliphatic rings. The number of hydrogen-bond acceptors (Lipinski definition) is 4. The average Bonchev–Trinajstić information content (AvgIpc) is 2.60. The van der Waals surface area contributed by atoms with Crippen LogP contribution in [0, 0.1) is 0 Å². The fourth-order valence-corrected chi connectivity index (χ4v) is 2.24. The molecule has 0 saturated heterocycles. The minimum Gasteiger partial charge on any atom is -0.481 e. The summed E-state index contributed by atoms with van der Waals surface area (Å²) in [6.45, 7) is -0.858. The zero-order valence-electron chi connectivity index (χ0n) is 14.1. The van der Waals surface area contributed by atoms with E-state index < -0.39 is 36.7 Å². The van der Waals surface area contributed by atoms with Crippen molar-refractivity contribution in [2.75, 3.05) is 25.5 Å². The van der Waals surface area contributed by atoms with Gasteiger partial charge in [-0.25, -0.2) is 4.98 Å². The van der Waals surface area contributed by atoms with Crippen molar-refractivity contribution in [2.45, 2.75) is 6.18 Å². The second-order valence-electron chi connectivity index (χ2n) is 5.42. The van der Waals surface area contributed by atoms with Gasteiger partial charge >= 0.3 is 6.18 Å². The molecule has 0 aliphatic heterocycles. The number of halogens is 4. The van der Waals surface area contributed by atoms with Crippen molar-refractivity contribution in [3.8, 4) is 5.75 Å². The van der Waals surface area contributed by atoms with E-state index in [1.54, 1.807) is 6.07 Å². The lowest BCUT2D eigenvalue weighted by Gasteiger charge is -2.18. The van der Waals surface area contributed by atoms with Crippen molar-refractivity contribution < 1.29 is 27.5 Å². The van der Waals surface area contributed by atoms with Crippen molar-refractivity contribution in [1.29, 1.82) is 0 Å². The van der Waals surface area contributed by atoms with E-state index in [9.17, 15) is 22.8 Å². The zero-order valence-corrected chi connectivity index (χ0v) is 14.8. The van der Waals surface area contributed by atoms with E-state index >= 15 is 0 Å². The molecule has 10 heteroatoms. The first-order valence-corrected chi connectivity index (χ1v) is 7.99. The smallest absolute Gasteiger partial charge is 0.418 e. The predicted molar refractivity (Wildman–Crippen MR) is 92.5 cm³/mol. The number of carbonyl (C=O) groups is 2. The van der Waals surface area contributed by atoms with E-state index in [0.717, 1.165) is 17.0 Å². The van der Waals surface area contributed by atoms with Crippen LogP contribution in [-0.4, -0.2) is 41.9 Å². The van der Waals surface area contributed by atoms with Crippen molar-refractivity contribution in [3.05, 3.63) is 53.3 Å². The number of likely N-dealkylation sites (N-methyl/N-ethyl adjacent to an activating group) is 1. The highest BCUT2D eigenvalue weighted by molar-refractivity contribution is 6.30. The molecule has 1 N–H and O–H groups in total. The Bertz CT molecular complexity index is 830. The van der Waals surface area contributed by atoms with Gasteiger partial charge in [-0.05, 0) is 24.3 Å². The number of ether oxygens (including phenoxy) is 1. The maximum absolute atomic E-state index is 12.9. The number of hydrogen-bond donors (Lipinski definition) is 1. The Labute approximate surface area is 157 Å². The van der Waals surface area contributed by atoms with Gasteiger partial charge in [0.1, 0.15) is 0 Å². The molecular weight excluding hydrogens is 387 g/mol. The molecule has 0 unspecified atom stereocenters. The number of aromatic nitrogens is 1. The number of pyridine rings is 1. The van der Waals surface area contributed by atoms with Crippen molar-refractivity contribution >= 4 is 29.1 Å². The lowest BCUT2D eigenvalue weighted by atomic mass is 10.1. The highest BCUT2D eigenvalue weighted by Gasteiger charge is 2.33. The minimum atomic E-state index is -4.61. The van der Waals surface area contributed by atoms with Crippen LogP contribution in [0.3, 0.4) is 0 Å². The third-order valence-corrected chi connectivity index (χ3v) is 3.67. The first-order chi connectivity index (χ1) is 12.7. The topological polar surface area (TPSA) is 71.5 Å². The number of rotatable bonds is 6. The molecule has 0 radical (unpaired) electrons. The van der Waals surface area contributed by atoms with Crippen LogP contribution in [0.1, 0.15) is 5.56 Å². The summed E-state index contributed by atoms with van der Waals surface area (Å²) in [5.74, 6) is -1.14. The molecule has 1 aromatic heterocycles. The van der Waals surface area contributed by atoms with E-state index in [0.29, 0.717) is 0 Å². The average molecular weight is 402 g/mol. The lowest BCUT2D eigenvalue weighted by Crippen LogP contribution is -2.37. The van der Waals surface area contributed by atoms with Crippen LogP contribution >= 0.6 is 11.6 Å². The Morgan fingerprint density at radius 2 is 1.93 bits per heavy atom. The summed E-state index contributed by atoms with van der Waals surface area (Å²) in [4.78, 5) is 28.8. The highest BCUT2D eigenvalue weighted by atomic mass is 35.5. The van der Waals surface area contributed by atoms with Crippen molar-refractivity contribution in [3.63, 3.8) is 0 Å². The zero-order chi connectivity index (χ0) is 20.0. The van der Waals surface area contributed by atoms with Gasteiger partial charge in [-0.3, -0.25) is 9.59 Å². The van der Waals surface area contributed by atoms with Crippen LogP contribution < -0.4 is 10.1 Å². The number of nitrogens with zero attached hydrogens (tertiary/aromatic N) is 2. The molecule has 0 fully saturated rings. The predicted octanol–water partition coefficient (Wildman–Crippen LogP) is 3.23. The molecular formula is C17H15ClF3N3O3. The number of carbonyl (C=O) groups excluding carboxylic acids is 2. The van der Waals surface area contributed by atoms with Gasteiger partial charge < -0.3 is 15.0 Å². The van der Waals surface area contributed by atoms with Gasteiger partial charge in [0.15, 0.2) is 17.5 Å². The molecule has 2 amide bonds. The Hall–Kier alpha value is -2.81. The molecule has 2 aromatic rings. The molecule has 27 heavy (non-hydrogen) atoms. The molecule has 0 saturated carbocycles. The van der Waals surface area contributed by atoms with Crippen molar-refractivity contribution in [2.24, 2.45) is 0 Å². The molecule has 0 aliphatic carbocycles. The normalized spacial score (nSPS) is 11.0. The molecule has 0 spiro atoms. The summed E-state index contributed by atoms with van der Waals surface area (Å²) < 4.78 is 44.0. The molecule has 0 atom stereocenters. The third kappa shape index (κ3) is 5.85. The second kappa shape index (κ2) is 8.72. The van der Waals surface area contributed by atoms with Gasteiger partial charge in [-0.15, -0.1) is 0 Å². The molecule has 2 rings (SSSR count). The number of amides is 2. The van der Waals surface area contributed by atoms with Crippen molar-refractivity contribution in [1.82, 2.24) is 9.88 Å². The quantitative estimate of drug-likeness (QED) is 0.754. The van der Waals surface area contributed by atoms with Gasteiger partial charge in [-0.2, -0.15) is 13.2 Å². The number of anilines is 1. The monoisotopic (exact) mass is 401 g/mol. The fourth-order valence-electron chi connectivity index (χ4n) is 2.06. The van der Waals surface area contributed by atoms with E-state index in [2.05, 4.69) is 10.3 Å². The number of benzene rings is 1. The minimum absolute atomic E-state index is 0.0782. The summed E-state index contributed by atoms with van der Waals surface area (Å²) in [6.07, 6.45) is -3.16. The molecule has 144 valence electrons. The number of nitrogens with one attached hydrogen (secondary N) is 1. The number of alkyl halides is 3. The van der Waals surface area contributed by atoms with Crippen LogP contribution in [0.2, 0.25) is 5.15 Å². The maximum atomic E-state index is 12.9. The van der Waals surface area contributed by atoms with Crippen LogP contribution in [0.5, 0.6) is 5.75 Å². The molecule has 1 aromatic carbocycles. The summed E-state index contributed by atoms with van der Waals surface area (Å²) in [7, 11) is 1.33. The largest absolute Gasteiger partial charge is 0.481 e. The van der Waals surface area contributed by atoms with Crippen LogP contribution in [0.4, 0.5) is 18.9 Å². The molecule has 0 bridgehead atoms. The van der Waals surface area contributed by atoms with Crippen LogP contribution in [-0.2, 0) is 15.8 Å². The van der Waals surface area contributed by atoms with E-state index in [-0.39, 0.29) is 16.6 Å². The fraction of sp³-hybridized carbons (Fsp3) is 0.235. The van der Waals surface area contributed by atoms with Gasteiger partial charge in [-0.1, -0.05) is 23.7 Å². The van der Waals surface area contributed by atoms with E-state index in [1.807, 2.05) is 0 Å². The Balaban J connectivity index is 1.92. The second-order valence-corrected chi connectivity index (χ2v) is 5.78. The highest BCUT2D eigenvalue weighted by Crippen LogP contribution is 2.34. The Morgan fingerprint density at radius 3 is 2.59 bits per heavy atom. The van der Waals surface area contributed by atoms with Crippen LogP contribution in [0.25, 0.3) is 0 Å². The summed E-state index contributed by atoms with van der Waals surface area (Å²) in [5.41, 5.74) is -1.35. The lowest BCUT2D eigenvalue weighted by molar-refractivity contribution is -0.137. The first kappa shape index (κ1) is 20.5. The SMILES string of the molecule is CN(CC(=O)Nc1ccccc1C(F)(F)F)C(=O)COc1cccnc1Cl. The third-order valence-electron chi connectivity index (χ3n) is 3.39. The van der Waals surface area contributed by atoms with Gasteiger partial charge in [0.05, 0.1) is 17.8 Å². The molecule has 6 nitrogen and oxygen atoms in total. The Kier molecular flexibility index (Phi) is 6.62. The summed E-state index contributed by atoms with van der Waals surface area (Å²) in [6, 6.07) is 7.66. The first-order valence-electron chi connectivity index (χ1n) is 7.62. The molecule has 1 heterocycles. The summed E-state index contributed by atoms with van der Waals surface area (Å²) >= 11 is 5.80.